The Morgan fingerprint density at radius 2 is 1.42 bits per heavy atom. The van der Waals surface area contributed by atoms with Crippen molar-refractivity contribution in [3.05, 3.63) is 84.7 Å². The molecule has 0 unspecified atom stereocenters. The summed E-state index contributed by atoms with van der Waals surface area (Å²) in [6.45, 7) is 5.56. The molecule has 2 saturated heterocycles. The van der Waals surface area contributed by atoms with Gasteiger partial charge in [0.15, 0.2) is 0 Å². The van der Waals surface area contributed by atoms with Crippen LogP contribution in [0.2, 0.25) is 0 Å². The maximum atomic E-state index is 13.5. The number of H-pyrrole nitrogens is 2. The summed E-state index contributed by atoms with van der Waals surface area (Å²) in [6, 6.07) is 20.9. The largest absolute Gasteiger partial charge is 0.453 e. The first-order chi connectivity index (χ1) is 23.3. The van der Waals surface area contributed by atoms with Gasteiger partial charge in [0.05, 0.1) is 30.6 Å². The molecule has 0 radical (unpaired) electrons. The van der Waals surface area contributed by atoms with E-state index < -0.39 is 12.1 Å². The second kappa shape index (κ2) is 13.3. The van der Waals surface area contributed by atoms with Crippen LogP contribution in [-0.2, 0) is 9.53 Å². The first-order valence-electron chi connectivity index (χ1n) is 16.9. The summed E-state index contributed by atoms with van der Waals surface area (Å²) in [5.41, 5.74) is 6.20. The first kappa shape index (κ1) is 31.6. The van der Waals surface area contributed by atoms with Gasteiger partial charge < -0.3 is 24.9 Å². The second-order valence-electron chi connectivity index (χ2n) is 13.3. The standard InChI is InChI=1S/C38H43N7O3/c1-23(2)34(43-38(47)48-4)37(46)45-20-8-12-33(45)36-39-21-30(41-36)25-15-13-24(14-16-25)26-17-18-29(28-10-6-5-9-27(26)28)31-22-40-35(42-31)32-11-7-19-44(32)3/h5-6,9-10,13-18,21-23,32-34H,7-8,11-12,19-20H2,1-4H3,(H,39,41)(H,40,42)(H,43,47)/t32-,33-,34-/m0/s1. The van der Waals surface area contributed by atoms with Crippen LogP contribution in [0.4, 0.5) is 4.79 Å². The number of aromatic amines is 2. The van der Waals surface area contributed by atoms with Crippen molar-refractivity contribution in [1.82, 2.24) is 35.1 Å². The number of fused-ring (bicyclic) bond motifs is 1. The number of aromatic nitrogens is 4. The van der Waals surface area contributed by atoms with Gasteiger partial charge in [0.2, 0.25) is 5.91 Å². The Labute approximate surface area is 280 Å². The van der Waals surface area contributed by atoms with E-state index in [0.717, 1.165) is 71.1 Å². The van der Waals surface area contributed by atoms with E-state index in [-0.39, 0.29) is 17.9 Å². The predicted molar refractivity (Wildman–Crippen MR) is 187 cm³/mol. The lowest BCUT2D eigenvalue weighted by atomic mass is 9.93. The number of ether oxygens (including phenoxy) is 1. The Kier molecular flexibility index (Phi) is 8.75. The van der Waals surface area contributed by atoms with Gasteiger partial charge in [-0.3, -0.25) is 9.69 Å². The van der Waals surface area contributed by atoms with Gasteiger partial charge in [-0.15, -0.1) is 0 Å². The van der Waals surface area contributed by atoms with Crippen molar-refractivity contribution in [3.63, 3.8) is 0 Å². The van der Waals surface area contributed by atoms with Crippen LogP contribution in [-0.4, -0.2) is 75.0 Å². The zero-order valence-electron chi connectivity index (χ0n) is 28.0. The second-order valence-corrected chi connectivity index (χ2v) is 13.3. The molecule has 0 spiro atoms. The van der Waals surface area contributed by atoms with Gasteiger partial charge in [0, 0.05) is 30.1 Å². The fourth-order valence-electron chi connectivity index (χ4n) is 7.34. The van der Waals surface area contributed by atoms with Crippen LogP contribution >= 0.6 is 0 Å². The molecule has 2 amide bonds. The molecule has 10 nitrogen and oxygen atoms in total. The van der Waals surface area contributed by atoms with Gasteiger partial charge in [-0.1, -0.05) is 74.5 Å². The van der Waals surface area contributed by atoms with E-state index in [0.29, 0.717) is 12.6 Å². The Morgan fingerprint density at radius 3 is 2.10 bits per heavy atom. The highest BCUT2D eigenvalue weighted by Crippen LogP contribution is 2.38. The van der Waals surface area contributed by atoms with E-state index in [1.165, 1.54) is 24.3 Å². The number of hydrogen-bond acceptors (Lipinski definition) is 6. The third-order valence-corrected chi connectivity index (χ3v) is 9.97. The summed E-state index contributed by atoms with van der Waals surface area (Å²) in [5.74, 6) is 1.59. The fraction of sp³-hybridized carbons (Fsp3) is 0.368. The molecule has 3 atom stereocenters. The average Bonchev–Trinajstić information content (AvgIpc) is 3.93. The zero-order valence-corrected chi connectivity index (χ0v) is 28.0. The van der Waals surface area contributed by atoms with Crippen LogP contribution < -0.4 is 5.32 Å². The van der Waals surface area contributed by atoms with Gasteiger partial charge >= 0.3 is 6.09 Å². The van der Waals surface area contributed by atoms with Crippen molar-refractivity contribution in [2.45, 2.75) is 57.7 Å². The minimum Gasteiger partial charge on any atom is -0.453 e. The molecule has 4 heterocycles. The smallest absolute Gasteiger partial charge is 0.407 e. The van der Waals surface area contributed by atoms with Gasteiger partial charge in [-0.2, -0.15) is 0 Å². The lowest BCUT2D eigenvalue weighted by molar-refractivity contribution is -0.135. The molecule has 10 heteroatoms. The molecule has 3 aromatic carbocycles. The number of alkyl carbamates (subject to hydrolysis) is 1. The number of hydrogen-bond donors (Lipinski definition) is 3. The van der Waals surface area contributed by atoms with E-state index >= 15 is 0 Å². The van der Waals surface area contributed by atoms with Crippen molar-refractivity contribution in [1.29, 1.82) is 0 Å². The predicted octanol–water partition coefficient (Wildman–Crippen LogP) is 7.10. The molecule has 2 aliphatic heterocycles. The molecule has 5 aromatic rings. The SMILES string of the molecule is COC(=O)N[C@H](C(=O)N1CCC[C@H]1c1nc(-c2ccc(-c3ccc(-c4c[nH]c([C@@H]5CCCN5C)n4)c4ccccc34)cc2)c[nH]1)C(C)C. The Morgan fingerprint density at radius 1 is 0.812 bits per heavy atom. The number of imidazole rings is 2. The van der Waals surface area contributed by atoms with E-state index in [1.54, 1.807) is 0 Å². The summed E-state index contributed by atoms with van der Waals surface area (Å²) in [7, 11) is 3.47. The molecule has 48 heavy (non-hydrogen) atoms. The first-order valence-corrected chi connectivity index (χ1v) is 16.9. The Balaban J connectivity index is 1.11. The van der Waals surface area contributed by atoms with E-state index in [4.69, 9.17) is 14.7 Å². The minimum absolute atomic E-state index is 0.0844. The molecule has 7 rings (SSSR count). The number of nitrogens with one attached hydrogen (secondary N) is 3. The zero-order chi connectivity index (χ0) is 33.4. The number of rotatable bonds is 8. The number of benzene rings is 3. The van der Waals surface area contributed by atoms with Crippen molar-refractivity contribution in [2.75, 3.05) is 27.2 Å². The Hall–Kier alpha value is -4.96. The van der Waals surface area contributed by atoms with Crippen LogP contribution in [0.5, 0.6) is 0 Å². The topological polar surface area (TPSA) is 119 Å². The highest BCUT2D eigenvalue weighted by Gasteiger charge is 2.37. The highest BCUT2D eigenvalue weighted by atomic mass is 16.5. The molecule has 248 valence electrons. The van der Waals surface area contributed by atoms with Crippen LogP contribution in [0.1, 0.15) is 63.3 Å². The summed E-state index contributed by atoms with van der Waals surface area (Å²) >= 11 is 0. The lowest BCUT2D eigenvalue weighted by Crippen LogP contribution is -2.51. The molecule has 0 saturated carbocycles. The van der Waals surface area contributed by atoms with Crippen LogP contribution in [0.15, 0.2) is 73.1 Å². The summed E-state index contributed by atoms with van der Waals surface area (Å²) in [5, 5.41) is 5.06. The molecule has 2 fully saturated rings. The van der Waals surface area contributed by atoms with E-state index in [9.17, 15) is 9.59 Å². The minimum atomic E-state index is -0.666. The fourth-order valence-corrected chi connectivity index (χ4v) is 7.34. The van der Waals surface area contributed by atoms with Gasteiger partial charge in [-0.25, -0.2) is 14.8 Å². The monoisotopic (exact) mass is 645 g/mol. The number of likely N-dealkylation sites (tertiary alicyclic amines) is 2. The number of carbonyl (C=O) groups excluding carboxylic acids is 2. The third kappa shape index (κ3) is 5.96. The molecular weight excluding hydrogens is 602 g/mol. The normalized spacial score (nSPS) is 18.9. The average molecular weight is 646 g/mol. The summed E-state index contributed by atoms with van der Waals surface area (Å²) in [4.78, 5) is 46.4. The number of amides is 2. The molecular formula is C38H43N7O3. The van der Waals surface area contributed by atoms with Crippen LogP contribution in [0.25, 0.3) is 44.4 Å². The van der Waals surface area contributed by atoms with Crippen LogP contribution in [0, 0.1) is 5.92 Å². The third-order valence-electron chi connectivity index (χ3n) is 9.97. The highest BCUT2D eigenvalue weighted by molar-refractivity contribution is 6.04. The maximum Gasteiger partial charge on any atom is 0.407 e. The van der Waals surface area contributed by atoms with Gasteiger partial charge in [0.1, 0.15) is 17.7 Å². The van der Waals surface area contributed by atoms with Crippen molar-refractivity contribution in [2.24, 2.45) is 5.92 Å². The summed E-state index contributed by atoms with van der Waals surface area (Å²) < 4.78 is 4.76. The molecule has 2 aromatic heterocycles. The van der Waals surface area contributed by atoms with E-state index in [1.807, 2.05) is 31.1 Å². The quantitative estimate of drug-likeness (QED) is 0.166. The van der Waals surface area contributed by atoms with Crippen molar-refractivity contribution in [3.8, 4) is 33.6 Å². The number of nitrogens with zero attached hydrogens (tertiary/aromatic N) is 4. The van der Waals surface area contributed by atoms with Gasteiger partial charge in [-0.05, 0) is 67.1 Å². The van der Waals surface area contributed by atoms with Crippen LogP contribution in [0.3, 0.4) is 0 Å². The molecule has 0 bridgehead atoms. The molecule has 0 aliphatic carbocycles. The maximum absolute atomic E-state index is 13.5. The van der Waals surface area contributed by atoms with Crippen molar-refractivity contribution < 1.29 is 14.3 Å². The molecule has 3 N–H and O–H groups in total. The lowest BCUT2D eigenvalue weighted by Gasteiger charge is -2.29. The number of methoxy groups -OCH3 is 1. The van der Waals surface area contributed by atoms with Gasteiger partial charge in [0.25, 0.3) is 0 Å². The number of carbonyl (C=O) groups is 2. The molecule has 2 aliphatic rings. The van der Waals surface area contributed by atoms with Crippen molar-refractivity contribution >= 4 is 22.8 Å². The summed E-state index contributed by atoms with van der Waals surface area (Å²) in [6.07, 6.45) is 7.35. The van der Waals surface area contributed by atoms with E-state index in [2.05, 4.69) is 87.9 Å². The Bertz CT molecular complexity index is 1930.